The van der Waals surface area contributed by atoms with E-state index in [9.17, 15) is 40.5 Å². The molecule has 0 bridgehead atoms. The van der Waals surface area contributed by atoms with Gasteiger partial charge < -0.3 is 50.5 Å². The van der Waals surface area contributed by atoms with Crippen molar-refractivity contribution in [1.82, 2.24) is 5.32 Å². The SMILES string of the molecule is CCC/C=C/CC/C=C/CCCC(O)C(O)C(COC1OC(CO)C(O)C(O)C1O)NC(=O)C(O)CCCCCCCC/C=C\CCCCCCCCCCC. The maximum Gasteiger partial charge on any atom is 0.249 e. The van der Waals surface area contributed by atoms with Gasteiger partial charge in [0, 0.05) is 0 Å². The number of nitrogens with one attached hydrogen (secondary N) is 1. The maximum absolute atomic E-state index is 13.0. The van der Waals surface area contributed by atoms with E-state index < -0.39 is 74.2 Å². The van der Waals surface area contributed by atoms with Crippen molar-refractivity contribution in [3.05, 3.63) is 36.5 Å². The highest BCUT2D eigenvalue weighted by Gasteiger charge is 2.44. The molecule has 0 spiro atoms. The van der Waals surface area contributed by atoms with Crippen molar-refractivity contribution in [3.8, 4) is 0 Å². The van der Waals surface area contributed by atoms with Crippen LogP contribution < -0.4 is 5.32 Å². The quantitative estimate of drug-likeness (QED) is 0.0247. The second-order valence-electron chi connectivity index (χ2n) is 15.7. The Morgan fingerprint density at radius 1 is 0.607 bits per heavy atom. The second-order valence-corrected chi connectivity index (χ2v) is 15.7. The molecule has 11 nitrogen and oxygen atoms in total. The van der Waals surface area contributed by atoms with Gasteiger partial charge in [-0.3, -0.25) is 4.79 Å². The molecular weight excluding hydrogens is 714 g/mol. The van der Waals surface area contributed by atoms with E-state index in [4.69, 9.17) is 9.47 Å². The number of hydrogen-bond acceptors (Lipinski definition) is 10. The lowest BCUT2D eigenvalue weighted by Crippen LogP contribution is -2.60. The molecule has 1 saturated heterocycles. The second kappa shape index (κ2) is 35.3. The summed E-state index contributed by atoms with van der Waals surface area (Å²) in [5, 5.41) is 75.4. The highest BCUT2D eigenvalue weighted by atomic mass is 16.7. The summed E-state index contributed by atoms with van der Waals surface area (Å²) in [5.74, 6) is -0.719. The normalized spacial score (nSPS) is 22.6. The molecule has 1 fully saturated rings. The molecular formula is C45H83NO10. The number of carbonyl (C=O) groups excluding carboxylic acids is 1. The van der Waals surface area contributed by atoms with Gasteiger partial charge in [-0.1, -0.05) is 140 Å². The van der Waals surface area contributed by atoms with Crippen molar-refractivity contribution in [1.29, 1.82) is 0 Å². The lowest BCUT2D eigenvalue weighted by atomic mass is 9.98. The van der Waals surface area contributed by atoms with Crippen LogP contribution in [-0.4, -0.2) is 110 Å². The van der Waals surface area contributed by atoms with Crippen LogP contribution in [0.4, 0.5) is 0 Å². The number of aliphatic hydroxyl groups excluding tert-OH is 7. The number of amides is 1. The van der Waals surface area contributed by atoms with Crippen molar-refractivity contribution in [2.45, 2.75) is 229 Å². The fourth-order valence-corrected chi connectivity index (χ4v) is 6.87. The van der Waals surface area contributed by atoms with Gasteiger partial charge in [0.15, 0.2) is 6.29 Å². The van der Waals surface area contributed by atoms with E-state index in [1.54, 1.807) is 0 Å². The topological polar surface area (TPSA) is 189 Å². The molecule has 1 aliphatic rings. The number of ether oxygens (including phenoxy) is 2. The van der Waals surface area contributed by atoms with Gasteiger partial charge in [-0.15, -0.1) is 0 Å². The predicted octanol–water partition coefficient (Wildman–Crippen LogP) is 6.83. The molecule has 0 saturated carbocycles. The highest BCUT2D eigenvalue weighted by molar-refractivity contribution is 5.80. The van der Waals surface area contributed by atoms with Gasteiger partial charge in [-0.25, -0.2) is 0 Å². The Balaban J connectivity index is 2.45. The van der Waals surface area contributed by atoms with E-state index in [2.05, 4.69) is 49.5 Å². The van der Waals surface area contributed by atoms with E-state index in [0.717, 1.165) is 64.2 Å². The fourth-order valence-electron chi connectivity index (χ4n) is 6.87. The van der Waals surface area contributed by atoms with Crippen LogP contribution in [-0.2, 0) is 14.3 Å². The minimum Gasteiger partial charge on any atom is -0.394 e. The first-order chi connectivity index (χ1) is 27.2. The number of carbonyl (C=O) groups is 1. The van der Waals surface area contributed by atoms with Crippen molar-refractivity contribution in [3.63, 3.8) is 0 Å². The maximum atomic E-state index is 13.0. The standard InChI is InChI=1S/C45H83NO10/c1-3-5-7-9-11-13-15-16-17-18-19-20-21-22-23-25-27-29-31-33-38(49)44(54)46-36(35-55-45-43(53)42(52)41(51)39(34-47)56-45)40(50)37(48)32-30-28-26-24-14-12-10-8-6-4-2/h8,10,19-20,24,26,36-43,45,47-53H,3-7,9,11-18,21-23,25,27-35H2,1-2H3,(H,46,54)/b10-8+,20-19-,26-24+. The average Bonchev–Trinajstić information content (AvgIpc) is 3.20. The summed E-state index contributed by atoms with van der Waals surface area (Å²) in [6.45, 7) is 3.32. The Kier molecular flexibility index (Phi) is 33.0. The van der Waals surface area contributed by atoms with Gasteiger partial charge in [0.2, 0.25) is 5.91 Å². The van der Waals surface area contributed by atoms with Gasteiger partial charge >= 0.3 is 0 Å². The molecule has 1 rings (SSSR count). The Bertz CT molecular complexity index is 1010. The monoisotopic (exact) mass is 798 g/mol. The van der Waals surface area contributed by atoms with Crippen molar-refractivity contribution < 1.29 is 50.0 Å². The van der Waals surface area contributed by atoms with Gasteiger partial charge in [-0.2, -0.15) is 0 Å². The molecule has 0 radical (unpaired) electrons. The molecule has 0 aromatic rings. The molecule has 0 aromatic heterocycles. The first-order valence-electron chi connectivity index (χ1n) is 22.4. The Labute approximate surface area is 339 Å². The number of hydrogen-bond donors (Lipinski definition) is 8. The minimum atomic E-state index is -1.67. The molecule has 9 atom stereocenters. The highest BCUT2D eigenvalue weighted by Crippen LogP contribution is 2.23. The Morgan fingerprint density at radius 2 is 1.11 bits per heavy atom. The first kappa shape index (κ1) is 52.3. The number of allylic oxidation sites excluding steroid dienone is 6. The Morgan fingerprint density at radius 3 is 1.66 bits per heavy atom. The van der Waals surface area contributed by atoms with Crippen molar-refractivity contribution >= 4 is 5.91 Å². The summed E-state index contributed by atoms with van der Waals surface area (Å²) >= 11 is 0. The van der Waals surface area contributed by atoms with Crippen molar-refractivity contribution in [2.75, 3.05) is 13.2 Å². The molecule has 56 heavy (non-hydrogen) atoms. The van der Waals surface area contributed by atoms with Crippen LogP contribution in [0.1, 0.15) is 174 Å². The van der Waals surface area contributed by atoms with Gasteiger partial charge in [0.1, 0.15) is 36.6 Å². The molecule has 11 heteroatoms. The first-order valence-corrected chi connectivity index (χ1v) is 22.4. The molecule has 1 amide bonds. The van der Waals surface area contributed by atoms with Gasteiger partial charge in [0.05, 0.1) is 25.4 Å². The molecule has 1 heterocycles. The Hall–Kier alpha value is -1.67. The molecule has 8 N–H and O–H groups in total. The third-order valence-electron chi connectivity index (χ3n) is 10.6. The van der Waals surface area contributed by atoms with E-state index in [1.807, 2.05) is 6.08 Å². The lowest BCUT2D eigenvalue weighted by molar-refractivity contribution is -0.303. The zero-order chi connectivity index (χ0) is 41.2. The van der Waals surface area contributed by atoms with Crippen LogP contribution in [0.25, 0.3) is 0 Å². The average molecular weight is 798 g/mol. The molecule has 1 aliphatic heterocycles. The van der Waals surface area contributed by atoms with Crippen molar-refractivity contribution in [2.24, 2.45) is 0 Å². The van der Waals surface area contributed by atoms with E-state index in [0.29, 0.717) is 19.3 Å². The zero-order valence-corrected chi connectivity index (χ0v) is 35.1. The summed E-state index contributed by atoms with van der Waals surface area (Å²) in [6, 6.07) is -1.19. The number of rotatable bonds is 36. The fraction of sp³-hybridized carbons (Fsp3) is 0.844. The molecule has 9 unspecified atom stereocenters. The van der Waals surface area contributed by atoms with Crippen LogP contribution >= 0.6 is 0 Å². The third-order valence-corrected chi connectivity index (χ3v) is 10.6. The summed E-state index contributed by atoms with van der Waals surface area (Å²) in [4.78, 5) is 13.0. The lowest BCUT2D eigenvalue weighted by Gasteiger charge is -2.40. The van der Waals surface area contributed by atoms with Gasteiger partial charge in [-0.05, 0) is 70.6 Å². The van der Waals surface area contributed by atoms with Crippen LogP contribution in [0.15, 0.2) is 36.5 Å². The third kappa shape index (κ3) is 25.0. The van der Waals surface area contributed by atoms with Crippen LogP contribution in [0.3, 0.4) is 0 Å². The summed E-state index contributed by atoms with van der Waals surface area (Å²) in [7, 11) is 0. The van der Waals surface area contributed by atoms with Gasteiger partial charge in [0.25, 0.3) is 0 Å². The van der Waals surface area contributed by atoms with E-state index in [1.165, 1.54) is 64.2 Å². The molecule has 0 aliphatic carbocycles. The molecule has 0 aromatic carbocycles. The smallest absolute Gasteiger partial charge is 0.249 e. The summed E-state index contributed by atoms with van der Waals surface area (Å²) in [6.07, 6.45) is 27.8. The largest absolute Gasteiger partial charge is 0.394 e. The van der Waals surface area contributed by atoms with Crippen LogP contribution in [0.5, 0.6) is 0 Å². The van der Waals surface area contributed by atoms with E-state index >= 15 is 0 Å². The van der Waals surface area contributed by atoms with Crippen LogP contribution in [0, 0.1) is 0 Å². The minimum absolute atomic E-state index is 0.243. The number of unbranched alkanes of at least 4 members (excludes halogenated alkanes) is 18. The van der Waals surface area contributed by atoms with Crippen LogP contribution in [0.2, 0.25) is 0 Å². The summed E-state index contributed by atoms with van der Waals surface area (Å²) in [5.41, 5.74) is 0. The summed E-state index contributed by atoms with van der Waals surface area (Å²) < 4.78 is 11.0. The number of aliphatic hydroxyl groups is 7. The molecule has 328 valence electrons. The predicted molar refractivity (Wildman–Crippen MR) is 224 cm³/mol. The zero-order valence-electron chi connectivity index (χ0n) is 35.1. The van der Waals surface area contributed by atoms with E-state index in [-0.39, 0.29) is 12.8 Å².